The summed E-state index contributed by atoms with van der Waals surface area (Å²) in [5, 5.41) is 0. The third kappa shape index (κ3) is 6.86. The highest BCUT2D eigenvalue weighted by atomic mass is 16.5. The second-order valence-electron chi connectivity index (χ2n) is 17.6. The van der Waals surface area contributed by atoms with Gasteiger partial charge in [-0.05, 0) is 75.4 Å². The number of benzene rings is 8. The summed E-state index contributed by atoms with van der Waals surface area (Å²) in [6.45, 7) is 5.30. The van der Waals surface area contributed by atoms with Crippen molar-refractivity contribution in [1.82, 2.24) is 0 Å². The van der Waals surface area contributed by atoms with E-state index in [-0.39, 0.29) is 26.4 Å². The number of para-hydroxylation sites is 4. The van der Waals surface area contributed by atoms with E-state index in [4.69, 9.17) is 8.85 Å². The van der Waals surface area contributed by atoms with E-state index in [1.165, 1.54) is 0 Å². The molecule has 1 atom stereocenters. The number of hydrogen-bond donors (Lipinski definition) is 0. The van der Waals surface area contributed by atoms with E-state index in [1.54, 1.807) is 0 Å². The van der Waals surface area contributed by atoms with Crippen molar-refractivity contribution >= 4 is 54.4 Å². The highest BCUT2D eigenvalue weighted by Gasteiger charge is 2.56. The molecular formula is C55H50B3N3O. The van der Waals surface area contributed by atoms with Crippen LogP contribution >= 0.6 is 0 Å². The van der Waals surface area contributed by atoms with Crippen LogP contribution in [0.1, 0.15) is 55.3 Å². The van der Waals surface area contributed by atoms with Crippen LogP contribution in [0.2, 0.25) is 0 Å². The normalized spacial score (nSPS) is 17.1. The van der Waals surface area contributed by atoms with Crippen LogP contribution in [-0.4, -0.2) is 20.9 Å². The molecule has 4 nitrogen and oxygen atoms in total. The minimum atomic E-state index is -2.36. The van der Waals surface area contributed by atoms with E-state index in [0.717, 1.165) is 50.1 Å². The highest BCUT2D eigenvalue weighted by molar-refractivity contribution is 7.14. The molecule has 0 N–H and O–H groups in total. The van der Waals surface area contributed by atoms with E-state index >= 15 is 0 Å². The van der Waals surface area contributed by atoms with Crippen molar-refractivity contribution in [3.8, 4) is 22.6 Å². The highest BCUT2D eigenvalue weighted by Crippen LogP contribution is 2.52. The van der Waals surface area contributed by atoms with E-state index in [0.29, 0.717) is 22.6 Å². The molecule has 7 heteroatoms. The maximum absolute atomic E-state index is 9.00. The monoisotopic (exact) mass is 804 g/mol. The van der Waals surface area contributed by atoms with Gasteiger partial charge in [0.2, 0.25) is 0 Å². The minimum absolute atomic E-state index is 0.256. The van der Waals surface area contributed by atoms with E-state index < -0.39 is 12.3 Å². The van der Waals surface area contributed by atoms with Crippen LogP contribution < -0.4 is 35.3 Å². The smallest absolute Gasteiger partial charge is 0.388 e. The van der Waals surface area contributed by atoms with Crippen molar-refractivity contribution in [3.63, 3.8) is 0 Å². The summed E-state index contributed by atoms with van der Waals surface area (Å²) in [6.07, 6.45) is 0. The van der Waals surface area contributed by atoms with Crippen molar-refractivity contribution in [2.24, 2.45) is 0 Å². The number of nitrogens with zero attached hydrogens (tertiary/aromatic N) is 3. The topological polar surface area (TPSA) is 19.0 Å². The molecule has 0 radical (unpaired) electrons. The van der Waals surface area contributed by atoms with Crippen LogP contribution in [0, 0.1) is 0 Å². The Balaban J connectivity index is 1.30. The summed E-state index contributed by atoms with van der Waals surface area (Å²) < 4.78 is 41.6. The first kappa shape index (κ1) is 35.9. The standard InChI is InChI=1S/C55H50B3N3O/c1-54(2,3)49-39-38-46(40-48(49)47-34-23-36-51-53(47)62-52-37-22-21-35-50(52)55(51,4)5)61-57(42-26-13-7-14-27-42)59(44-30-17-9-18-31-44)56(41-24-11-6-12-25-41)60(45-32-19-10-20-33-45)58(61)43-28-15-8-16-29-43/h6-40H,1-5H3/i4D3. The van der Waals surface area contributed by atoms with E-state index in [1.807, 2.05) is 43.3 Å². The van der Waals surface area contributed by atoms with E-state index in [9.17, 15) is 0 Å². The molecule has 1 unspecified atom stereocenters. The molecule has 62 heavy (non-hydrogen) atoms. The number of hydrogen-bond acceptors (Lipinski definition) is 4. The summed E-state index contributed by atoms with van der Waals surface area (Å²) in [4.78, 5) is 0. The fraction of sp³-hybridized carbons (Fsp3) is 0.127. The maximum Gasteiger partial charge on any atom is 0.388 e. The van der Waals surface area contributed by atoms with Gasteiger partial charge in [-0.3, -0.25) is 0 Å². The first-order valence-electron chi connectivity index (χ1n) is 23.1. The van der Waals surface area contributed by atoms with Crippen molar-refractivity contribution in [1.29, 1.82) is 0 Å². The first-order valence-corrected chi connectivity index (χ1v) is 21.6. The largest absolute Gasteiger partial charge is 0.456 e. The molecular weight excluding hydrogens is 751 g/mol. The zero-order chi connectivity index (χ0) is 44.9. The molecule has 10 rings (SSSR count). The lowest BCUT2D eigenvalue weighted by Crippen LogP contribution is -2.86. The Labute approximate surface area is 373 Å². The summed E-state index contributed by atoms with van der Waals surface area (Å²) >= 11 is 0. The summed E-state index contributed by atoms with van der Waals surface area (Å²) in [7, 11) is 0. The van der Waals surface area contributed by atoms with Gasteiger partial charge < -0.3 is 18.9 Å². The van der Waals surface area contributed by atoms with Crippen LogP contribution in [0.25, 0.3) is 11.1 Å². The molecule has 0 bridgehead atoms. The predicted octanol–water partition coefficient (Wildman–Crippen LogP) is 11.1. The van der Waals surface area contributed by atoms with Gasteiger partial charge in [0.05, 0.1) is 0 Å². The first-order chi connectivity index (χ1) is 31.4. The molecule has 300 valence electrons. The fourth-order valence-electron chi connectivity index (χ4n) is 9.74. The zero-order valence-corrected chi connectivity index (χ0v) is 35.7. The average molecular weight is 804 g/mol. The third-order valence-corrected chi connectivity index (χ3v) is 12.6. The number of ether oxygens (including phenoxy) is 1. The van der Waals surface area contributed by atoms with Crippen molar-refractivity contribution in [2.75, 3.05) is 14.2 Å². The van der Waals surface area contributed by atoms with Gasteiger partial charge in [0.1, 0.15) is 11.5 Å². The van der Waals surface area contributed by atoms with E-state index in [2.05, 4.69) is 211 Å². The SMILES string of the molecule is [2H]C([2H])([2H])C1(C)c2ccccc2Oc2c(-c3cc(N4B(c5ccccc5)N(c5ccccc5)B(c5ccccc5)N(c5ccccc5)B4c4ccccc4)ccc3C(C)(C)C)cccc21. The van der Waals surface area contributed by atoms with Crippen LogP contribution in [0.15, 0.2) is 212 Å². The van der Waals surface area contributed by atoms with Gasteiger partial charge >= 0.3 is 20.9 Å². The van der Waals surface area contributed by atoms with Gasteiger partial charge in [-0.1, -0.05) is 204 Å². The van der Waals surface area contributed by atoms with Gasteiger partial charge in [-0.15, -0.1) is 0 Å². The van der Waals surface area contributed by atoms with Crippen LogP contribution in [0.3, 0.4) is 0 Å². The molecule has 0 aliphatic carbocycles. The molecule has 0 amide bonds. The fourth-order valence-corrected chi connectivity index (χ4v) is 9.74. The van der Waals surface area contributed by atoms with Gasteiger partial charge in [-0.25, -0.2) is 0 Å². The molecule has 0 saturated carbocycles. The molecule has 2 aliphatic heterocycles. The Hall–Kier alpha value is -6.85. The predicted molar refractivity (Wildman–Crippen MR) is 265 cm³/mol. The van der Waals surface area contributed by atoms with Gasteiger partial charge in [0.15, 0.2) is 0 Å². The van der Waals surface area contributed by atoms with Crippen LogP contribution in [0.5, 0.6) is 11.5 Å². The molecule has 8 aromatic rings. The minimum Gasteiger partial charge on any atom is -0.456 e. The molecule has 1 saturated heterocycles. The Kier molecular flexibility index (Phi) is 9.19. The third-order valence-electron chi connectivity index (χ3n) is 12.6. The Morgan fingerprint density at radius 1 is 0.452 bits per heavy atom. The zero-order valence-electron chi connectivity index (χ0n) is 38.7. The molecule has 2 heterocycles. The summed E-state index contributed by atoms with van der Waals surface area (Å²) in [5.41, 5.74) is 9.26. The molecule has 1 fully saturated rings. The molecule has 0 aromatic heterocycles. The van der Waals surface area contributed by atoms with Crippen LogP contribution in [0.4, 0.5) is 17.1 Å². The molecule has 0 spiro atoms. The van der Waals surface area contributed by atoms with Gasteiger partial charge in [0.25, 0.3) is 0 Å². The lowest BCUT2D eigenvalue weighted by atomic mass is 9.37. The lowest BCUT2D eigenvalue weighted by molar-refractivity contribution is 0.419. The quantitative estimate of drug-likeness (QED) is 0.149. The number of fused-ring (bicyclic) bond motifs is 2. The average Bonchev–Trinajstić information content (AvgIpc) is 3.33. The Morgan fingerprint density at radius 3 is 1.37 bits per heavy atom. The van der Waals surface area contributed by atoms with Crippen molar-refractivity contribution < 1.29 is 8.85 Å². The van der Waals surface area contributed by atoms with Gasteiger partial charge in [-0.2, -0.15) is 0 Å². The van der Waals surface area contributed by atoms with Crippen molar-refractivity contribution in [3.05, 3.63) is 229 Å². The molecule has 8 aromatic carbocycles. The second kappa shape index (κ2) is 15.9. The Morgan fingerprint density at radius 2 is 0.887 bits per heavy atom. The van der Waals surface area contributed by atoms with Crippen molar-refractivity contribution in [2.45, 2.75) is 45.4 Å². The lowest BCUT2D eigenvalue weighted by Gasteiger charge is -2.57. The number of anilines is 3. The molecule has 2 aliphatic rings. The van der Waals surface area contributed by atoms with Gasteiger partial charge in [0, 0.05) is 43.3 Å². The second-order valence-corrected chi connectivity index (χ2v) is 17.6. The maximum atomic E-state index is 9.00. The van der Waals surface area contributed by atoms with Crippen LogP contribution in [-0.2, 0) is 10.8 Å². The summed E-state index contributed by atoms with van der Waals surface area (Å²) in [5.74, 6) is 1.14. The Bertz CT molecular complexity index is 2850. The number of rotatable bonds is 7. The summed E-state index contributed by atoms with van der Waals surface area (Å²) in [6, 6.07) is 74.6.